The molecule has 23 heavy (non-hydrogen) atoms. The van der Waals surface area contributed by atoms with Crippen molar-refractivity contribution in [2.45, 2.75) is 27.3 Å². The van der Waals surface area contributed by atoms with Crippen LogP contribution in [0.4, 0.5) is 8.78 Å². The maximum atomic E-state index is 13.7. The number of benzene rings is 1. The highest BCUT2D eigenvalue weighted by Crippen LogP contribution is 2.20. The van der Waals surface area contributed by atoms with E-state index >= 15 is 0 Å². The van der Waals surface area contributed by atoms with Crippen molar-refractivity contribution in [2.75, 3.05) is 7.05 Å². The lowest BCUT2D eigenvalue weighted by Gasteiger charge is -2.17. The Hall–Kier alpha value is -2.50. The van der Waals surface area contributed by atoms with Crippen LogP contribution in [0.3, 0.4) is 0 Å². The van der Waals surface area contributed by atoms with Gasteiger partial charge in [0.2, 0.25) is 0 Å². The zero-order valence-electron chi connectivity index (χ0n) is 13.5. The number of ketones is 1. The van der Waals surface area contributed by atoms with E-state index < -0.39 is 11.6 Å². The van der Waals surface area contributed by atoms with Gasteiger partial charge in [0, 0.05) is 36.5 Å². The van der Waals surface area contributed by atoms with Crippen molar-refractivity contribution in [1.29, 1.82) is 0 Å². The van der Waals surface area contributed by atoms with Crippen LogP contribution < -0.4 is 0 Å². The summed E-state index contributed by atoms with van der Waals surface area (Å²) in [4.78, 5) is 28.4. The Balaban J connectivity index is 2.27. The largest absolute Gasteiger partial charge is 0.354 e. The number of aryl methyl sites for hydroxylation is 1. The molecule has 0 aliphatic heterocycles. The number of hydrogen-bond donors (Lipinski definition) is 1. The number of carbonyl (C=O) groups is 2. The molecule has 0 spiro atoms. The number of aromatic amines is 1. The second kappa shape index (κ2) is 6.32. The number of amides is 1. The molecule has 0 atom stereocenters. The summed E-state index contributed by atoms with van der Waals surface area (Å²) in [7, 11) is 1.52. The van der Waals surface area contributed by atoms with Gasteiger partial charge in [0.25, 0.3) is 5.91 Å². The zero-order chi connectivity index (χ0) is 17.3. The molecule has 1 heterocycles. The van der Waals surface area contributed by atoms with Crippen molar-refractivity contribution in [3.63, 3.8) is 0 Å². The Labute approximate surface area is 133 Å². The fraction of sp³-hybridized carbons (Fsp3) is 0.294. The van der Waals surface area contributed by atoms with Crippen molar-refractivity contribution >= 4 is 11.7 Å². The van der Waals surface area contributed by atoms with E-state index in [-0.39, 0.29) is 23.8 Å². The summed E-state index contributed by atoms with van der Waals surface area (Å²) in [5.74, 6) is -1.85. The van der Waals surface area contributed by atoms with Gasteiger partial charge in [0.1, 0.15) is 17.3 Å². The summed E-state index contributed by atoms with van der Waals surface area (Å²) >= 11 is 0. The van der Waals surface area contributed by atoms with E-state index in [1.807, 2.05) is 0 Å². The lowest BCUT2D eigenvalue weighted by atomic mass is 10.1. The first-order valence-electron chi connectivity index (χ1n) is 7.11. The third-order valence-electron chi connectivity index (χ3n) is 3.77. The van der Waals surface area contributed by atoms with Gasteiger partial charge in [-0.15, -0.1) is 0 Å². The molecule has 0 fully saturated rings. The van der Waals surface area contributed by atoms with Gasteiger partial charge in [-0.3, -0.25) is 9.59 Å². The fourth-order valence-corrected chi connectivity index (χ4v) is 2.66. The number of Topliss-reactive ketones (excluding diaryl/α,β-unsaturated/α-hetero) is 1. The minimum absolute atomic E-state index is 0.00212. The fourth-order valence-electron chi connectivity index (χ4n) is 2.66. The topological polar surface area (TPSA) is 53.2 Å². The Bertz CT molecular complexity index is 781. The highest BCUT2D eigenvalue weighted by atomic mass is 19.1. The molecule has 1 amide bonds. The van der Waals surface area contributed by atoms with E-state index in [2.05, 4.69) is 4.98 Å². The maximum Gasteiger partial charge on any atom is 0.270 e. The lowest BCUT2D eigenvalue weighted by Crippen LogP contribution is -2.27. The van der Waals surface area contributed by atoms with Crippen molar-refractivity contribution in [2.24, 2.45) is 0 Å². The minimum atomic E-state index is -0.700. The number of H-pyrrole nitrogens is 1. The van der Waals surface area contributed by atoms with Crippen molar-refractivity contribution in [3.8, 4) is 0 Å². The molecule has 0 radical (unpaired) electrons. The van der Waals surface area contributed by atoms with Gasteiger partial charge in [-0.05, 0) is 32.4 Å². The number of nitrogens with one attached hydrogen (secondary N) is 1. The predicted octanol–water partition coefficient (Wildman–Crippen LogP) is 3.38. The van der Waals surface area contributed by atoms with Crippen LogP contribution >= 0.6 is 0 Å². The average molecular weight is 320 g/mol. The number of halogens is 2. The molecule has 1 aromatic carbocycles. The number of carbonyl (C=O) groups excluding carboxylic acids is 2. The van der Waals surface area contributed by atoms with Gasteiger partial charge in [-0.2, -0.15) is 0 Å². The second-order valence-electron chi connectivity index (χ2n) is 5.58. The van der Waals surface area contributed by atoms with Gasteiger partial charge in [-0.25, -0.2) is 8.78 Å². The quantitative estimate of drug-likeness (QED) is 0.878. The maximum absolute atomic E-state index is 13.7. The Morgan fingerprint density at radius 2 is 1.87 bits per heavy atom. The standard InChI is InChI=1S/C17H18F2N2O2/c1-9-15(11(3)22)10(2)20-16(9)17(23)21(4)8-12-5-6-13(18)7-14(12)19/h5-7,20H,8H2,1-4H3. The van der Waals surface area contributed by atoms with Crippen molar-refractivity contribution in [1.82, 2.24) is 9.88 Å². The lowest BCUT2D eigenvalue weighted by molar-refractivity contribution is 0.0778. The molecule has 0 bridgehead atoms. The Morgan fingerprint density at radius 3 is 2.39 bits per heavy atom. The molecule has 1 aromatic heterocycles. The number of hydrogen-bond acceptors (Lipinski definition) is 2. The highest BCUT2D eigenvalue weighted by Gasteiger charge is 2.22. The van der Waals surface area contributed by atoms with E-state index in [0.29, 0.717) is 22.5 Å². The van der Waals surface area contributed by atoms with Crippen molar-refractivity contribution in [3.05, 3.63) is 57.9 Å². The van der Waals surface area contributed by atoms with E-state index in [1.165, 1.54) is 24.9 Å². The third kappa shape index (κ3) is 3.31. The summed E-state index contributed by atoms with van der Waals surface area (Å²) in [6.07, 6.45) is 0. The molecule has 0 aliphatic rings. The van der Waals surface area contributed by atoms with Gasteiger partial charge in [0.15, 0.2) is 5.78 Å². The summed E-state index contributed by atoms with van der Waals surface area (Å²) < 4.78 is 26.6. The number of rotatable bonds is 4. The van der Waals surface area contributed by atoms with Crippen LogP contribution in [0.25, 0.3) is 0 Å². The second-order valence-corrected chi connectivity index (χ2v) is 5.58. The first-order valence-corrected chi connectivity index (χ1v) is 7.11. The third-order valence-corrected chi connectivity index (χ3v) is 3.77. The molecule has 1 N–H and O–H groups in total. The summed E-state index contributed by atoms with van der Waals surface area (Å²) in [6, 6.07) is 3.24. The molecule has 0 saturated heterocycles. The van der Waals surface area contributed by atoms with Crippen LogP contribution in [0, 0.1) is 25.5 Å². The highest BCUT2D eigenvalue weighted by molar-refractivity contribution is 6.02. The molecule has 4 nitrogen and oxygen atoms in total. The number of aromatic nitrogens is 1. The summed E-state index contributed by atoms with van der Waals surface area (Å²) in [5, 5.41) is 0. The van der Waals surface area contributed by atoms with Gasteiger partial charge < -0.3 is 9.88 Å². The zero-order valence-corrected chi connectivity index (χ0v) is 13.5. The molecule has 0 unspecified atom stereocenters. The minimum Gasteiger partial charge on any atom is -0.354 e. The smallest absolute Gasteiger partial charge is 0.270 e. The van der Waals surface area contributed by atoms with Crippen LogP contribution in [0.5, 0.6) is 0 Å². The summed E-state index contributed by atoms with van der Waals surface area (Å²) in [6.45, 7) is 4.85. The van der Waals surface area contributed by atoms with E-state index in [0.717, 1.165) is 12.1 Å². The number of nitrogens with zero attached hydrogens (tertiary/aromatic N) is 1. The van der Waals surface area contributed by atoms with Crippen molar-refractivity contribution < 1.29 is 18.4 Å². The SMILES string of the molecule is CC(=O)c1c(C)[nH]c(C(=O)N(C)Cc2ccc(F)cc2F)c1C. The molecule has 0 saturated carbocycles. The van der Waals surface area contributed by atoms with Crippen LogP contribution in [0.1, 0.15) is 44.6 Å². The van der Waals surface area contributed by atoms with E-state index in [1.54, 1.807) is 13.8 Å². The monoisotopic (exact) mass is 320 g/mol. The Kier molecular flexibility index (Phi) is 4.63. The van der Waals surface area contributed by atoms with Crippen LogP contribution in [-0.2, 0) is 6.54 Å². The predicted molar refractivity (Wildman–Crippen MR) is 82.4 cm³/mol. The Morgan fingerprint density at radius 1 is 1.22 bits per heavy atom. The van der Waals surface area contributed by atoms with E-state index in [9.17, 15) is 18.4 Å². The first-order chi connectivity index (χ1) is 10.7. The first kappa shape index (κ1) is 16.9. The van der Waals surface area contributed by atoms with Crippen LogP contribution in [0.2, 0.25) is 0 Å². The molecular weight excluding hydrogens is 302 g/mol. The molecule has 0 aliphatic carbocycles. The normalized spacial score (nSPS) is 10.7. The molecule has 6 heteroatoms. The van der Waals surface area contributed by atoms with Gasteiger partial charge in [0.05, 0.1) is 0 Å². The molecular formula is C17H18F2N2O2. The van der Waals surface area contributed by atoms with Gasteiger partial charge in [-0.1, -0.05) is 6.07 Å². The molecule has 122 valence electrons. The van der Waals surface area contributed by atoms with Gasteiger partial charge >= 0.3 is 0 Å². The average Bonchev–Trinajstić information content (AvgIpc) is 2.76. The molecule has 2 rings (SSSR count). The van der Waals surface area contributed by atoms with Crippen LogP contribution in [0.15, 0.2) is 18.2 Å². The summed E-state index contributed by atoms with van der Waals surface area (Å²) in [5.41, 5.74) is 2.22. The van der Waals surface area contributed by atoms with E-state index in [4.69, 9.17) is 0 Å². The van der Waals surface area contributed by atoms with Crippen LogP contribution in [-0.4, -0.2) is 28.6 Å². The molecule has 2 aromatic rings.